The van der Waals surface area contributed by atoms with Gasteiger partial charge < -0.3 is 10.6 Å². The normalized spacial score (nSPS) is 21.9. The van der Waals surface area contributed by atoms with Crippen LogP contribution in [0.25, 0.3) is 0 Å². The molecule has 0 aromatic rings. The summed E-state index contributed by atoms with van der Waals surface area (Å²) in [4.78, 5) is 25.9. The molecule has 3 N–H and O–H groups in total. The van der Waals surface area contributed by atoms with E-state index in [4.69, 9.17) is 0 Å². The number of nitrogens with one attached hydrogen (secondary N) is 3. The molecule has 0 saturated carbocycles. The third-order valence-electron chi connectivity index (χ3n) is 3.91. The maximum atomic E-state index is 12.0. The quantitative estimate of drug-likeness (QED) is 0.623. The highest BCUT2D eigenvalue weighted by Gasteiger charge is 2.27. The molecule has 0 radical (unpaired) electrons. The third-order valence-corrected chi connectivity index (χ3v) is 4.85. The van der Waals surface area contributed by atoms with Crippen molar-refractivity contribution in [3.63, 3.8) is 0 Å². The van der Waals surface area contributed by atoms with Crippen LogP contribution in [-0.4, -0.2) is 66.6 Å². The monoisotopic (exact) mass is 386 g/mol. The topological polar surface area (TPSA) is 73.5 Å². The van der Waals surface area contributed by atoms with E-state index < -0.39 is 0 Å². The van der Waals surface area contributed by atoms with Crippen LogP contribution in [0, 0.1) is 0 Å². The van der Waals surface area contributed by atoms with Gasteiger partial charge in [0.2, 0.25) is 11.8 Å². The predicted molar refractivity (Wildman–Crippen MR) is 99.7 cm³/mol. The van der Waals surface area contributed by atoms with Crippen LogP contribution in [0.5, 0.6) is 0 Å². The number of thioether (sulfide) groups is 1. The number of hydrogen-bond donors (Lipinski definition) is 3. The Morgan fingerprint density at radius 1 is 1.26 bits per heavy atom. The lowest BCUT2D eigenvalue weighted by molar-refractivity contribution is -0.124. The highest BCUT2D eigenvalue weighted by atomic mass is 35.5. The van der Waals surface area contributed by atoms with Gasteiger partial charge in [-0.2, -0.15) is 0 Å². The molecule has 1 atom stereocenters. The minimum absolute atomic E-state index is 0. The van der Waals surface area contributed by atoms with Crippen molar-refractivity contribution in [3.05, 3.63) is 0 Å². The van der Waals surface area contributed by atoms with Crippen LogP contribution >= 0.6 is 36.6 Å². The van der Waals surface area contributed by atoms with Crippen molar-refractivity contribution in [2.75, 3.05) is 37.8 Å². The van der Waals surface area contributed by atoms with Crippen molar-refractivity contribution in [1.82, 2.24) is 20.9 Å². The van der Waals surface area contributed by atoms with Crippen molar-refractivity contribution in [2.45, 2.75) is 38.3 Å². The third kappa shape index (κ3) is 7.94. The van der Waals surface area contributed by atoms with Crippen LogP contribution in [-0.2, 0) is 9.59 Å². The van der Waals surface area contributed by atoms with Crippen LogP contribution in [0.3, 0.4) is 0 Å². The van der Waals surface area contributed by atoms with Crippen LogP contribution in [0.1, 0.15) is 26.2 Å². The van der Waals surface area contributed by atoms with Gasteiger partial charge in [-0.05, 0) is 19.3 Å². The Kier molecular flexibility index (Phi) is 12.1. The average molecular weight is 387 g/mol. The summed E-state index contributed by atoms with van der Waals surface area (Å²) in [6.45, 7) is 5.01. The molecule has 6 nitrogen and oxygen atoms in total. The summed E-state index contributed by atoms with van der Waals surface area (Å²) in [6, 6.07) is 0.215. The first-order valence-corrected chi connectivity index (χ1v) is 8.95. The summed E-state index contributed by atoms with van der Waals surface area (Å²) in [5.41, 5.74) is 0. The number of likely N-dealkylation sites (tertiary alicyclic amines) is 1. The summed E-state index contributed by atoms with van der Waals surface area (Å²) in [5.74, 6) is 1.96. The number of carbonyl (C=O) groups excluding carboxylic acids is 2. The smallest absolute Gasteiger partial charge is 0.238 e. The van der Waals surface area contributed by atoms with E-state index in [2.05, 4.69) is 20.9 Å². The summed E-state index contributed by atoms with van der Waals surface area (Å²) < 4.78 is 0. The molecule has 0 aliphatic carbocycles. The van der Waals surface area contributed by atoms with Gasteiger partial charge in [-0.25, -0.2) is 0 Å². The zero-order chi connectivity index (χ0) is 15.1. The minimum atomic E-state index is -0.0344. The Labute approximate surface area is 155 Å². The molecule has 2 aliphatic rings. The molecule has 2 rings (SSSR count). The van der Waals surface area contributed by atoms with E-state index in [9.17, 15) is 9.59 Å². The predicted octanol–water partition coefficient (Wildman–Crippen LogP) is 0.599. The molecule has 136 valence electrons. The standard InChI is InChI=1S/C14H26N4O2S.2ClH/c1-2-5-15-13(19)8-18-6-3-11(4-7-18)17-14(20)12-9-21-10-16-12;;/h11-12,16H,2-10H2,1H3,(H,15,19)(H,17,20);2*1H. The first-order valence-electron chi connectivity index (χ1n) is 7.79. The van der Waals surface area contributed by atoms with Crippen molar-refractivity contribution in [3.8, 4) is 0 Å². The fourth-order valence-electron chi connectivity index (χ4n) is 2.62. The number of carbonyl (C=O) groups is 2. The summed E-state index contributed by atoms with van der Waals surface area (Å²) in [6.07, 6.45) is 2.81. The van der Waals surface area contributed by atoms with Crippen LogP contribution in [0.4, 0.5) is 0 Å². The van der Waals surface area contributed by atoms with E-state index in [0.717, 1.165) is 50.5 Å². The molecule has 2 heterocycles. The average Bonchev–Trinajstić information content (AvgIpc) is 3.01. The van der Waals surface area contributed by atoms with Gasteiger partial charge in [0.25, 0.3) is 0 Å². The van der Waals surface area contributed by atoms with Gasteiger partial charge in [0, 0.05) is 37.3 Å². The molecule has 9 heteroatoms. The van der Waals surface area contributed by atoms with Gasteiger partial charge in [-0.15, -0.1) is 36.6 Å². The van der Waals surface area contributed by atoms with E-state index >= 15 is 0 Å². The number of hydrogen-bond acceptors (Lipinski definition) is 5. The maximum absolute atomic E-state index is 12.0. The number of piperidine rings is 1. The second kappa shape index (κ2) is 12.2. The first-order chi connectivity index (χ1) is 10.2. The first kappa shape index (κ1) is 22.8. The van der Waals surface area contributed by atoms with E-state index in [-0.39, 0.29) is 48.7 Å². The molecule has 23 heavy (non-hydrogen) atoms. The lowest BCUT2D eigenvalue weighted by Crippen LogP contribution is -2.51. The van der Waals surface area contributed by atoms with Gasteiger partial charge >= 0.3 is 0 Å². The zero-order valence-electron chi connectivity index (χ0n) is 13.5. The second-order valence-corrected chi connectivity index (χ2v) is 6.71. The minimum Gasteiger partial charge on any atom is -0.355 e. The lowest BCUT2D eigenvalue weighted by atomic mass is 10.0. The van der Waals surface area contributed by atoms with Crippen LogP contribution < -0.4 is 16.0 Å². The molecular weight excluding hydrogens is 359 g/mol. The molecule has 0 bridgehead atoms. The van der Waals surface area contributed by atoms with Gasteiger partial charge in [-0.3, -0.25) is 19.8 Å². The summed E-state index contributed by atoms with van der Waals surface area (Å²) in [7, 11) is 0. The SMILES string of the molecule is CCCNC(=O)CN1CCC(NC(=O)C2CSCN2)CC1.Cl.Cl. The fraction of sp³-hybridized carbons (Fsp3) is 0.857. The largest absolute Gasteiger partial charge is 0.355 e. The van der Waals surface area contributed by atoms with E-state index in [1.807, 2.05) is 6.92 Å². The molecule has 1 unspecified atom stereocenters. The van der Waals surface area contributed by atoms with Crippen LogP contribution in [0.2, 0.25) is 0 Å². The van der Waals surface area contributed by atoms with Crippen molar-refractivity contribution in [1.29, 1.82) is 0 Å². The van der Waals surface area contributed by atoms with Gasteiger partial charge in [0.1, 0.15) is 0 Å². The Balaban J connectivity index is 0.00000242. The molecule has 2 fully saturated rings. The fourth-order valence-corrected chi connectivity index (χ4v) is 3.57. The molecule has 2 amide bonds. The van der Waals surface area contributed by atoms with Crippen molar-refractivity contribution < 1.29 is 9.59 Å². The number of rotatable bonds is 6. The Hall–Kier alpha value is -0.210. The zero-order valence-corrected chi connectivity index (χ0v) is 16.0. The highest BCUT2D eigenvalue weighted by Crippen LogP contribution is 2.13. The van der Waals surface area contributed by atoms with Gasteiger partial charge in [0.05, 0.1) is 12.6 Å². The second-order valence-electron chi connectivity index (χ2n) is 5.68. The van der Waals surface area contributed by atoms with E-state index in [0.29, 0.717) is 6.54 Å². The van der Waals surface area contributed by atoms with E-state index in [1.54, 1.807) is 11.8 Å². The number of amides is 2. The van der Waals surface area contributed by atoms with Crippen LogP contribution in [0.15, 0.2) is 0 Å². The summed E-state index contributed by atoms with van der Waals surface area (Å²) in [5, 5.41) is 9.21. The molecule has 0 aromatic carbocycles. The molecular formula is C14H28Cl2N4O2S. The molecule has 2 saturated heterocycles. The Bertz CT molecular complexity index is 363. The number of nitrogens with zero attached hydrogens (tertiary/aromatic N) is 1. The Morgan fingerprint density at radius 2 is 1.96 bits per heavy atom. The maximum Gasteiger partial charge on any atom is 0.238 e. The lowest BCUT2D eigenvalue weighted by Gasteiger charge is -2.32. The highest BCUT2D eigenvalue weighted by molar-refractivity contribution is 7.99. The van der Waals surface area contributed by atoms with Crippen molar-refractivity contribution >= 4 is 48.4 Å². The van der Waals surface area contributed by atoms with Crippen molar-refractivity contribution in [2.24, 2.45) is 0 Å². The molecule has 2 aliphatic heterocycles. The number of halogens is 2. The Morgan fingerprint density at radius 3 is 2.52 bits per heavy atom. The summed E-state index contributed by atoms with van der Waals surface area (Å²) >= 11 is 1.76. The molecule has 0 aromatic heterocycles. The van der Waals surface area contributed by atoms with Gasteiger partial charge in [0.15, 0.2) is 0 Å². The molecule has 0 spiro atoms. The van der Waals surface area contributed by atoms with Gasteiger partial charge in [-0.1, -0.05) is 6.92 Å². The van der Waals surface area contributed by atoms with E-state index in [1.165, 1.54) is 0 Å².